The molecule has 0 bridgehead atoms. The van der Waals surface area contributed by atoms with Crippen LogP contribution in [0.5, 0.6) is 0 Å². The summed E-state index contributed by atoms with van der Waals surface area (Å²) in [5, 5.41) is 5.98. The predicted molar refractivity (Wildman–Crippen MR) is 172 cm³/mol. The lowest BCUT2D eigenvalue weighted by atomic mass is 10.0. The van der Waals surface area contributed by atoms with Crippen molar-refractivity contribution in [2.75, 3.05) is 49.5 Å². The molecular weight excluding hydrogens is 588 g/mol. The number of H-pyrrole nitrogens is 1. The van der Waals surface area contributed by atoms with Gasteiger partial charge in [0.15, 0.2) is 0 Å². The molecule has 0 saturated carbocycles. The van der Waals surface area contributed by atoms with Gasteiger partial charge >= 0.3 is 17.8 Å². The first-order chi connectivity index (χ1) is 22.4. The Kier molecular flexibility index (Phi) is 9.46. The second kappa shape index (κ2) is 14.2. The Bertz CT molecular complexity index is 1640. The Morgan fingerprint density at radius 1 is 0.913 bits per heavy atom. The van der Waals surface area contributed by atoms with Crippen molar-refractivity contribution in [3.8, 4) is 0 Å². The standard InChI is InChI=1S/C33H38N8O5/c42-30(39-19-17-38(18-20-39)26-7-13-34-14-8-26)29(22-24-4-3-12-35-33(45)46-21-11-24)37-31(43)40-15-9-27(10-16-40)41-23-25-5-1-2-6-28(25)36-32(41)44/h1-8,11-14,21,27,29H,9-10,15-20,22-23H2,(H,35,45)(H,36,44)(H,37,43). The molecular formula is C33H38N8O5. The molecule has 2 saturated heterocycles. The van der Waals surface area contributed by atoms with Gasteiger partial charge in [-0.25, -0.2) is 14.4 Å². The minimum absolute atomic E-state index is 0.00350. The number of anilines is 2. The highest BCUT2D eigenvalue weighted by atomic mass is 16.4. The molecule has 3 N–H and O–H groups in total. The van der Waals surface area contributed by atoms with Gasteiger partial charge in [0.1, 0.15) is 6.04 Å². The van der Waals surface area contributed by atoms with Crippen molar-refractivity contribution in [2.45, 2.75) is 37.9 Å². The third-order valence-electron chi connectivity index (χ3n) is 8.77. The maximum absolute atomic E-state index is 13.9. The number of hydrogen-bond donors (Lipinski definition) is 3. The number of fused-ring (bicyclic) bond motifs is 1. The summed E-state index contributed by atoms with van der Waals surface area (Å²) in [7, 11) is 0. The summed E-state index contributed by atoms with van der Waals surface area (Å²) in [6.45, 7) is 3.79. The number of amides is 5. The SMILES string of the molecule is O=C(NC(Cc1ccc[nH]c(=O)occ1)C(=O)N1CCN(c2ccncc2)CC1)N1CCC(N2Cc3ccccc3NC2=O)CC1. The number of piperazine rings is 1. The first-order valence-electron chi connectivity index (χ1n) is 15.6. The Morgan fingerprint density at radius 2 is 1.67 bits per heavy atom. The minimum Gasteiger partial charge on any atom is -0.418 e. The molecule has 2 fully saturated rings. The van der Waals surface area contributed by atoms with Crippen molar-refractivity contribution >= 4 is 29.3 Å². The van der Waals surface area contributed by atoms with Gasteiger partial charge in [0.05, 0.1) is 6.26 Å². The number of piperidine rings is 1. The van der Waals surface area contributed by atoms with Crippen molar-refractivity contribution in [3.63, 3.8) is 0 Å². The van der Waals surface area contributed by atoms with Gasteiger partial charge in [-0.1, -0.05) is 24.3 Å². The van der Waals surface area contributed by atoms with Crippen LogP contribution in [0.3, 0.4) is 0 Å². The van der Waals surface area contributed by atoms with Crippen molar-refractivity contribution in [3.05, 3.63) is 101 Å². The molecule has 0 spiro atoms. The largest absolute Gasteiger partial charge is 0.418 e. The zero-order chi connectivity index (χ0) is 31.9. The van der Waals surface area contributed by atoms with Crippen LogP contribution in [0.15, 0.2) is 88.7 Å². The van der Waals surface area contributed by atoms with E-state index in [2.05, 4.69) is 25.5 Å². The van der Waals surface area contributed by atoms with Crippen LogP contribution >= 0.6 is 0 Å². The number of nitrogens with one attached hydrogen (secondary N) is 3. The average molecular weight is 627 g/mol. The first kappa shape index (κ1) is 30.7. The summed E-state index contributed by atoms with van der Waals surface area (Å²) in [5.74, 6) is -0.792. The van der Waals surface area contributed by atoms with Crippen molar-refractivity contribution in [1.82, 2.24) is 30.0 Å². The summed E-state index contributed by atoms with van der Waals surface area (Å²) >= 11 is 0. The highest BCUT2D eigenvalue weighted by Gasteiger charge is 2.34. The van der Waals surface area contributed by atoms with Gasteiger partial charge in [-0.2, -0.15) is 0 Å². The molecule has 13 nitrogen and oxygen atoms in total. The zero-order valence-electron chi connectivity index (χ0n) is 25.5. The summed E-state index contributed by atoms with van der Waals surface area (Å²) in [6, 6.07) is 15.4. The number of aromatic amines is 1. The molecule has 13 heteroatoms. The van der Waals surface area contributed by atoms with Crippen LogP contribution in [0, 0.1) is 0 Å². The molecule has 3 aromatic rings. The number of para-hydroxylation sites is 1. The maximum Gasteiger partial charge on any atom is 0.416 e. The number of carbonyl (C=O) groups is 3. The number of benzene rings is 1. The number of carbonyl (C=O) groups excluding carboxylic acids is 3. The summed E-state index contributed by atoms with van der Waals surface area (Å²) in [5.41, 5.74) is 3.66. The van der Waals surface area contributed by atoms with Crippen LogP contribution in [0.1, 0.15) is 24.0 Å². The third kappa shape index (κ3) is 7.31. The monoisotopic (exact) mass is 626 g/mol. The van der Waals surface area contributed by atoms with Crippen molar-refractivity contribution < 1.29 is 18.8 Å². The second-order valence-electron chi connectivity index (χ2n) is 11.6. The molecule has 2 aromatic heterocycles. The van der Waals surface area contributed by atoms with Gasteiger partial charge in [0.2, 0.25) is 5.91 Å². The fourth-order valence-electron chi connectivity index (χ4n) is 6.23. The predicted octanol–water partition coefficient (Wildman–Crippen LogP) is 2.97. The molecule has 6 rings (SSSR count). The van der Waals surface area contributed by atoms with Crippen LogP contribution < -0.4 is 21.3 Å². The van der Waals surface area contributed by atoms with Crippen molar-refractivity contribution in [1.29, 1.82) is 0 Å². The third-order valence-corrected chi connectivity index (χ3v) is 8.77. The minimum atomic E-state index is -0.837. The Morgan fingerprint density at radius 3 is 2.46 bits per heavy atom. The van der Waals surface area contributed by atoms with E-state index in [1.54, 1.807) is 40.4 Å². The number of likely N-dealkylation sites (tertiary alicyclic amines) is 1. The molecule has 240 valence electrons. The molecule has 46 heavy (non-hydrogen) atoms. The van der Waals surface area contributed by atoms with Gasteiger partial charge in [0.25, 0.3) is 0 Å². The highest BCUT2D eigenvalue weighted by Crippen LogP contribution is 2.27. The number of nitrogens with zero attached hydrogens (tertiary/aromatic N) is 5. The van der Waals surface area contributed by atoms with E-state index in [1.165, 1.54) is 12.5 Å². The van der Waals surface area contributed by atoms with Crippen LogP contribution in [0.4, 0.5) is 21.0 Å². The lowest BCUT2D eigenvalue weighted by molar-refractivity contribution is -0.133. The lowest BCUT2D eigenvalue weighted by Crippen LogP contribution is -2.58. The van der Waals surface area contributed by atoms with Gasteiger partial charge in [-0.3, -0.25) is 14.8 Å². The molecule has 5 heterocycles. The van der Waals surface area contributed by atoms with Gasteiger partial charge in [-0.15, -0.1) is 0 Å². The Hall–Kier alpha value is -5.33. The van der Waals surface area contributed by atoms with Crippen LogP contribution in [0.2, 0.25) is 0 Å². The number of hydrogen-bond acceptors (Lipinski definition) is 7. The summed E-state index contributed by atoms with van der Waals surface area (Å²) < 4.78 is 5.01. The number of pyridine rings is 1. The average Bonchev–Trinajstić information content (AvgIpc) is 3.19. The number of rotatable bonds is 6. The maximum atomic E-state index is 13.9. The zero-order valence-corrected chi connectivity index (χ0v) is 25.5. The molecule has 5 amide bonds. The Balaban J connectivity index is 1.12. The summed E-state index contributed by atoms with van der Waals surface area (Å²) in [4.78, 5) is 66.2. The second-order valence-corrected chi connectivity index (χ2v) is 11.6. The van der Waals surface area contributed by atoms with Crippen molar-refractivity contribution in [2.24, 2.45) is 0 Å². The number of aromatic nitrogens is 2. The normalized spacial score (nSPS) is 17.4. The van der Waals surface area contributed by atoms with E-state index < -0.39 is 11.8 Å². The molecule has 1 aromatic carbocycles. The Labute approximate surface area is 266 Å². The van der Waals surface area contributed by atoms with E-state index in [4.69, 9.17) is 4.42 Å². The van der Waals surface area contributed by atoms with E-state index in [9.17, 15) is 19.2 Å². The van der Waals surface area contributed by atoms with Crippen LogP contribution in [0.25, 0.3) is 0 Å². The van der Waals surface area contributed by atoms with E-state index >= 15 is 0 Å². The molecule has 3 aliphatic heterocycles. The van der Waals surface area contributed by atoms with Gasteiger partial charge in [0, 0.05) is 88.2 Å². The van der Waals surface area contributed by atoms with E-state index in [-0.39, 0.29) is 30.4 Å². The van der Waals surface area contributed by atoms with Gasteiger partial charge in [-0.05, 0) is 54.3 Å². The summed E-state index contributed by atoms with van der Waals surface area (Å²) in [6.07, 6.45) is 7.70. The molecule has 0 aliphatic carbocycles. The molecule has 1 atom stereocenters. The van der Waals surface area contributed by atoms with Gasteiger partial charge < -0.3 is 34.7 Å². The smallest absolute Gasteiger partial charge is 0.416 e. The number of urea groups is 2. The molecule has 3 aliphatic rings. The molecule has 1 unspecified atom stereocenters. The molecule has 0 radical (unpaired) electrons. The van der Waals surface area contributed by atoms with Crippen LogP contribution in [-0.4, -0.2) is 94.0 Å². The highest BCUT2D eigenvalue weighted by molar-refractivity contribution is 5.92. The lowest BCUT2D eigenvalue weighted by Gasteiger charge is -2.41. The fourth-order valence-corrected chi connectivity index (χ4v) is 6.23. The quantitative estimate of drug-likeness (QED) is 0.381. The first-order valence-corrected chi connectivity index (χ1v) is 15.6. The van der Waals surface area contributed by atoms with Crippen LogP contribution in [-0.2, 0) is 17.8 Å². The van der Waals surface area contributed by atoms with E-state index in [0.717, 1.165) is 16.9 Å². The topological polar surface area (TPSA) is 147 Å². The van der Waals surface area contributed by atoms with E-state index in [1.807, 2.05) is 41.3 Å². The fraction of sp³-hybridized carbons (Fsp3) is 0.364. The van der Waals surface area contributed by atoms with E-state index in [0.29, 0.717) is 64.2 Å².